The van der Waals surface area contributed by atoms with Crippen LogP contribution in [0.4, 0.5) is 16.2 Å². The van der Waals surface area contributed by atoms with Crippen LogP contribution >= 0.6 is 0 Å². The smallest absolute Gasteiger partial charge is 0.414 e. The maximum atomic E-state index is 11.2. The van der Waals surface area contributed by atoms with Crippen molar-refractivity contribution in [2.75, 3.05) is 30.4 Å². The molecule has 1 amide bonds. The van der Waals surface area contributed by atoms with Gasteiger partial charge in [0.2, 0.25) is 0 Å². The van der Waals surface area contributed by atoms with Crippen molar-refractivity contribution in [3.05, 3.63) is 24.3 Å². The second kappa shape index (κ2) is 3.57. The van der Waals surface area contributed by atoms with Gasteiger partial charge in [-0.25, -0.2) is 4.79 Å². The van der Waals surface area contributed by atoms with Crippen molar-refractivity contribution in [1.82, 2.24) is 0 Å². The van der Waals surface area contributed by atoms with Gasteiger partial charge in [-0.3, -0.25) is 4.90 Å². The summed E-state index contributed by atoms with van der Waals surface area (Å²) in [4.78, 5) is 12.8. The zero-order valence-electron chi connectivity index (χ0n) is 7.99. The first-order valence-electron chi connectivity index (χ1n) is 4.53. The highest BCUT2D eigenvalue weighted by Crippen LogP contribution is 2.20. The molecular weight excluding hydrogens is 180 g/mol. The maximum Gasteiger partial charge on any atom is 0.414 e. The zero-order chi connectivity index (χ0) is 9.97. The van der Waals surface area contributed by atoms with Gasteiger partial charge in [0.05, 0.1) is 6.54 Å². The van der Waals surface area contributed by atoms with Crippen molar-refractivity contribution in [2.45, 2.75) is 0 Å². The summed E-state index contributed by atoms with van der Waals surface area (Å²) >= 11 is 0. The largest absolute Gasteiger partial charge is 0.447 e. The zero-order valence-corrected chi connectivity index (χ0v) is 7.99. The number of amides is 1. The first-order valence-corrected chi connectivity index (χ1v) is 4.53. The van der Waals surface area contributed by atoms with Gasteiger partial charge in [0.15, 0.2) is 0 Å². The van der Waals surface area contributed by atoms with Crippen molar-refractivity contribution in [1.29, 1.82) is 0 Å². The lowest BCUT2D eigenvalue weighted by molar-refractivity contribution is 0.181. The summed E-state index contributed by atoms with van der Waals surface area (Å²) in [7, 11) is 1.86. The fourth-order valence-corrected chi connectivity index (χ4v) is 1.44. The maximum absolute atomic E-state index is 11.2. The van der Waals surface area contributed by atoms with Gasteiger partial charge in [0.25, 0.3) is 0 Å². The van der Waals surface area contributed by atoms with Crippen LogP contribution in [0.1, 0.15) is 0 Å². The highest BCUT2D eigenvalue weighted by molar-refractivity contribution is 5.89. The van der Waals surface area contributed by atoms with E-state index in [2.05, 4.69) is 5.32 Å². The summed E-state index contributed by atoms with van der Waals surface area (Å²) in [6.07, 6.45) is -0.262. The van der Waals surface area contributed by atoms with Gasteiger partial charge in [-0.2, -0.15) is 0 Å². The fourth-order valence-electron chi connectivity index (χ4n) is 1.44. The van der Waals surface area contributed by atoms with E-state index in [1.165, 1.54) is 0 Å². The van der Waals surface area contributed by atoms with Crippen LogP contribution in [0.3, 0.4) is 0 Å². The van der Waals surface area contributed by atoms with E-state index in [-0.39, 0.29) is 6.09 Å². The number of nitrogens with one attached hydrogen (secondary N) is 1. The predicted octanol–water partition coefficient (Wildman–Crippen LogP) is 1.68. The summed E-state index contributed by atoms with van der Waals surface area (Å²) in [6.45, 7) is 1.12. The number of benzene rings is 1. The normalized spacial score (nSPS) is 15.5. The molecule has 2 rings (SSSR count). The van der Waals surface area contributed by atoms with Gasteiger partial charge >= 0.3 is 6.09 Å². The SMILES string of the molecule is CNc1ccc(N2CCOC2=O)cc1. The van der Waals surface area contributed by atoms with E-state index >= 15 is 0 Å². The van der Waals surface area contributed by atoms with Crippen LogP contribution in [0.15, 0.2) is 24.3 Å². The van der Waals surface area contributed by atoms with Crippen LogP contribution in [-0.2, 0) is 4.74 Å². The van der Waals surface area contributed by atoms with Gasteiger partial charge < -0.3 is 10.1 Å². The van der Waals surface area contributed by atoms with E-state index in [1.54, 1.807) is 4.90 Å². The first kappa shape index (κ1) is 8.87. The highest BCUT2D eigenvalue weighted by atomic mass is 16.6. The highest BCUT2D eigenvalue weighted by Gasteiger charge is 2.22. The molecule has 0 unspecified atom stereocenters. The van der Waals surface area contributed by atoms with Gasteiger partial charge in [0.1, 0.15) is 6.61 Å². The molecule has 4 heteroatoms. The average molecular weight is 192 g/mol. The van der Waals surface area contributed by atoms with Crippen molar-refractivity contribution >= 4 is 17.5 Å². The minimum Gasteiger partial charge on any atom is -0.447 e. The fraction of sp³-hybridized carbons (Fsp3) is 0.300. The molecule has 1 fully saturated rings. The first-order chi connectivity index (χ1) is 6.81. The molecule has 1 N–H and O–H groups in total. The second-order valence-electron chi connectivity index (χ2n) is 3.06. The third-order valence-electron chi connectivity index (χ3n) is 2.23. The number of nitrogens with zero attached hydrogens (tertiary/aromatic N) is 1. The second-order valence-corrected chi connectivity index (χ2v) is 3.06. The number of hydrogen-bond acceptors (Lipinski definition) is 3. The van der Waals surface area contributed by atoms with Crippen LogP contribution in [0.2, 0.25) is 0 Å². The quantitative estimate of drug-likeness (QED) is 0.775. The molecule has 0 aliphatic carbocycles. The summed E-state index contributed by atoms with van der Waals surface area (Å²) in [5, 5.41) is 3.02. The van der Waals surface area contributed by atoms with E-state index in [9.17, 15) is 4.79 Å². The van der Waals surface area contributed by atoms with E-state index < -0.39 is 0 Å². The topological polar surface area (TPSA) is 41.6 Å². The minimum atomic E-state index is -0.262. The monoisotopic (exact) mass is 192 g/mol. The van der Waals surface area contributed by atoms with Crippen LogP contribution in [0.5, 0.6) is 0 Å². The van der Waals surface area contributed by atoms with Crippen LogP contribution in [0, 0.1) is 0 Å². The Bertz CT molecular complexity index is 334. The summed E-state index contributed by atoms with van der Waals surface area (Å²) < 4.78 is 4.85. The lowest BCUT2D eigenvalue weighted by Gasteiger charge is -2.12. The third-order valence-corrected chi connectivity index (χ3v) is 2.23. The molecule has 0 bridgehead atoms. The molecule has 1 aliphatic rings. The number of carbonyl (C=O) groups is 1. The average Bonchev–Trinajstić information content (AvgIpc) is 2.65. The van der Waals surface area contributed by atoms with Crippen LogP contribution in [-0.4, -0.2) is 26.3 Å². The van der Waals surface area contributed by atoms with Crippen molar-refractivity contribution < 1.29 is 9.53 Å². The number of cyclic esters (lactones) is 1. The molecule has 74 valence electrons. The molecule has 1 aromatic carbocycles. The Kier molecular flexibility index (Phi) is 2.26. The number of rotatable bonds is 2. The minimum absolute atomic E-state index is 0.262. The summed E-state index contributed by atoms with van der Waals surface area (Å²) in [5.41, 5.74) is 1.91. The van der Waals surface area contributed by atoms with Crippen molar-refractivity contribution in [3.8, 4) is 0 Å². The standard InChI is InChI=1S/C10H12N2O2/c1-11-8-2-4-9(5-3-8)12-6-7-14-10(12)13/h2-5,11H,6-7H2,1H3. The van der Waals surface area contributed by atoms with E-state index in [4.69, 9.17) is 4.74 Å². The van der Waals surface area contributed by atoms with E-state index in [0.717, 1.165) is 11.4 Å². The Morgan fingerprint density at radius 3 is 2.57 bits per heavy atom. The molecule has 0 aromatic heterocycles. The number of carbonyl (C=O) groups excluding carboxylic acids is 1. The lowest BCUT2D eigenvalue weighted by Crippen LogP contribution is -2.23. The van der Waals surface area contributed by atoms with Crippen molar-refractivity contribution in [3.63, 3.8) is 0 Å². The Balaban J connectivity index is 2.20. The summed E-state index contributed by atoms with van der Waals surface area (Å²) in [5.74, 6) is 0. The molecule has 1 heterocycles. The van der Waals surface area contributed by atoms with Gasteiger partial charge in [-0.1, -0.05) is 0 Å². The summed E-state index contributed by atoms with van der Waals surface area (Å²) in [6, 6.07) is 7.67. The molecule has 4 nitrogen and oxygen atoms in total. The van der Waals surface area contributed by atoms with E-state index in [0.29, 0.717) is 13.2 Å². The van der Waals surface area contributed by atoms with Crippen LogP contribution < -0.4 is 10.2 Å². The van der Waals surface area contributed by atoms with Crippen LogP contribution in [0.25, 0.3) is 0 Å². The molecule has 14 heavy (non-hydrogen) atoms. The molecule has 0 radical (unpaired) electrons. The molecule has 0 atom stereocenters. The lowest BCUT2D eigenvalue weighted by atomic mass is 10.2. The molecule has 1 aromatic rings. The molecule has 1 aliphatic heterocycles. The Morgan fingerprint density at radius 1 is 1.36 bits per heavy atom. The molecular formula is C10H12N2O2. The van der Waals surface area contributed by atoms with Gasteiger partial charge in [0, 0.05) is 18.4 Å². The molecule has 0 saturated carbocycles. The Labute approximate surface area is 82.5 Å². The predicted molar refractivity (Wildman–Crippen MR) is 54.7 cm³/mol. The number of ether oxygens (including phenoxy) is 1. The van der Waals surface area contributed by atoms with Gasteiger partial charge in [-0.05, 0) is 24.3 Å². The third kappa shape index (κ3) is 1.51. The molecule has 0 spiro atoms. The Hall–Kier alpha value is -1.71. The number of hydrogen-bond donors (Lipinski definition) is 1. The Morgan fingerprint density at radius 2 is 2.07 bits per heavy atom. The molecule has 1 saturated heterocycles. The number of anilines is 2. The van der Waals surface area contributed by atoms with Crippen molar-refractivity contribution in [2.24, 2.45) is 0 Å². The van der Waals surface area contributed by atoms with Gasteiger partial charge in [-0.15, -0.1) is 0 Å². The van der Waals surface area contributed by atoms with E-state index in [1.807, 2.05) is 31.3 Å².